The molecule has 1 aromatic heterocycles. The summed E-state index contributed by atoms with van der Waals surface area (Å²) < 4.78 is 39.0. The van der Waals surface area contributed by atoms with Gasteiger partial charge in [0.25, 0.3) is 0 Å². The Hall–Kier alpha value is -1.72. The Balaban J connectivity index is 2.36. The number of nitrogens with zero attached hydrogens (tertiary/aromatic N) is 1. The predicted molar refractivity (Wildman–Crippen MR) is 42.8 cm³/mol. The number of alkyl halides is 3. The van der Waals surface area contributed by atoms with Gasteiger partial charge in [0.2, 0.25) is 0 Å². The number of fused-ring (bicyclic) bond motifs is 1. The Labute approximate surface area is 76.5 Å². The van der Waals surface area contributed by atoms with Crippen LogP contribution in [0.15, 0.2) is 24.3 Å². The quantitative estimate of drug-likeness (QED) is 0.771. The highest BCUT2D eigenvalue weighted by molar-refractivity contribution is 5.75. The van der Waals surface area contributed by atoms with Crippen LogP contribution in [-0.4, -0.2) is 16.3 Å². The lowest BCUT2D eigenvalue weighted by Gasteiger charge is -2.03. The average molecular weight is 202 g/mol. The summed E-state index contributed by atoms with van der Waals surface area (Å²) in [6, 6.07) is 6.04. The van der Waals surface area contributed by atoms with Gasteiger partial charge in [-0.05, 0) is 12.1 Å². The van der Waals surface area contributed by atoms with E-state index in [1.54, 1.807) is 24.3 Å². The molecule has 0 aliphatic rings. The van der Waals surface area contributed by atoms with E-state index in [1.807, 2.05) is 0 Å². The van der Waals surface area contributed by atoms with Gasteiger partial charge in [0.15, 0.2) is 0 Å². The summed E-state index contributed by atoms with van der Waals surface area (Å²) in [6.45, 7) is 0. The van der Waals surface area contributed by atoms with Crippen molar-refractivity contribution in [1.82, 2.24) is 9.97 Å². The molecule has 2 rings (SSSR count). The molecule has 6 heteroatoms. The van der Waals surface area contributed by atoms with E-state index in [-0.39, 0.29) is 0 Å². The highest BCUT2D eigenvalue weighted by Gasteiger charge is 2.32. The minimum atomic E-state index is -4.71. The van der Waals surface area contributed by atoms with Crippen molar-refractivity contribution < 1.29 is 17.9 Å². The molecule has 3 nitrogen and oxygen atoms in total. The van der Waals surface area contributed by atoms with Crippen LogP contribution in [0.1, 0.15) is 0 Å². The van der Waals surface area contributed by atoms with Crippen molar-refractivity contribution in [3.05, 3.63) is 24.3 Å². The van der Waals surface area contributed by atoms with E-state index in [0.29, 0.717) is 11.0 Å². The molecule has 74 valence electrons. The summed E-state index contributed by atoms with van der Waals surface area (Å²) in [4.78, 5) is 6.00. The number of hydrogen-bond acceptors (Lipinski definition) is 2. The van der Waals surface area contributed by atoms with Gasteiger partial charge in [0.05, 0.1) is 11.0 Å². The first-order valence-electron chi connectivity index (χ1n) is 3.75. The fourth-order valence-electron chi connectivity index (χ4n) is 1.09. The second-order valence-corrected chi connectivity index (χ2v) is 2.61. The smallest absolute Gasteiger partial charge is 0.372 e. The van der Waals surface area contributed by atoms with Crippen molar-refractivity contribution in [2.24, 2.45) is 0 Å². The van der Waals surface area contributed by atoms with Crippen molar-refractivity contribution in [3.8, 4) is 6.01 Å². The highest BCUT2D eigenvalue weighted by Crippen LogP contribution is 2.22. The second-order valence-electron chi connectivity index (χ2n) is 2.61. The standard InChI is InChI=1S/C8H5F3N2O/c9-8(10,11)14-7-12-5-3-1-2-4-6(5)13-7/h1-4H,(H,12,13). The predicted octanol–water partition coefficient (Wildman–Crippen LogP) is 2.46. The zero-order valence-electron chi connectivity index (χ0n) is 6.80. The van der Waals surface area contributed by atoms with Gasteiger partial charge in [-0.15, -0.1) is 13.2 Å². The number of aromatic amines is 1. The first-order chi connectivity index (χ1) is 6.54. The molecule has 0 unspecified atom stereocenters. The monoisotopic (exact) mass is 202 g/mol. The lowest BCUT2D eigenvalue weighted by molar-refractivity contribution is -0.277. The summed E-state index contributed by atoms with van der Waals surface area (Å²) in [7, 11) is 0. The summed E-state index contributed by atoms with van der Waals surface area (Å²) in [5.74, 6) is 0. The SMILES string of the molecule is FC(F)(F)Oc1nc2ccccc2[nH]1. The third-order valence-corrected chi connectivity index (χ3v) is 1.58. The minimum absolute atomic E-state index is 0.437. The van der Waals surface area contributed by atoms with Crippen molar-refractivity contribution in [1.29, 1.82) is 0 Å². The van der Waals surface area contributed by atoms with Crippen molar-refractivity contribution in [2.75, 3.05) is 0 Å². The number of ether oxygens (including phenoxy) is 1. The Kier molecular flexibility index (Phi) is 1.83. The third kappa shape index (κ3) is 1.78. The Morgan fingerprint density at radius 1 is 1.21 bits per heavy atom. The number of nitrogens with one attached hydrogen (secondary N) is 1. The Morgan fingerprint density at radius 3 is 2.57 bits per heavy atom. The molecular formula is C8H5F3N2O. The minimum Gasteiger partial charge on any atom is -0.372 e. The maximum absolute atomic E-state index is 11.8. The van der Waals surface area contributed by atoms with Crippen molar-refractivity contribution >= 4 is 11.0 Å². The number of H-pyrrole nitrogens is 1. The van der Waals surface area contributed by atoms with Crippen LogP contribution in [0.4, 0.5) is 13.2 Å². The van der Waals surface area contributed by atoms with Gasteiger partial charge in [-0.2, -0.15) is 4.98 Å². The molecule has 0 atom stereocenters. The van der Waals surface area contributed by atoms with E-state index in [2.05, 4.69) is 14.7 Å². The van der Waals surface area contributed by atoms with E-state index < -0.39 is 12.4 Å². The highest BCUT2D eigenvalue weighted by atomic mass is 19.4. The van der Waals surface area contributed by atoms with Crippen molar-refractivity contribution in [2.45, 2.75) is 6.36 Å². The number of para-hydroxylation sites is 2. The van der Waals surface area contributed by atoms with Gasteiger partial charge in [0.1, 0.15) is 0 Å². The third-order valence-electron chi connectivity index (χ3n) is 1.58. The van der Waals surface area contributed by atoms with Crippen LogP contribution in [0.5, 0.6) is 6.01 Å². The van der Waals surface area contributed by atoms with E-state index in [9.17, 15) is 13.2 Å². The molecule has 0 amide bonds. The maximum Gasteiger partial charge on any atom is 0.575 e. The van der Waals surface area contributed by atoms with Gasteiger partial charge in [-0.25, -0.2) is 0 Å². The number of hydrogen-bond donors (Lipinski definition) is 1. The van der Waals surface area contributed by atoms with E-state index >= 15 is 0 Å². The van der Waals surface area contributed by atoms with Crippen LogP contribution in [0.3, 0.4) is 0 Å². The normalized spacial score (nSPS) is 11.9. The molecule has 14 heavy (non-hydrogen) atoms. The topological polar surface area (TPSA) is 37.9 Å². The number of benzene rings is 1. The van der Waals surface area contributed by atoms with E-state index in [1.165, 1.54) is 0 Å². The van der Waals surface area contributed by atoms with Crippen LogP contribution in [-0.2, 0) is 0 Å². The molecule has 1 N–H and O–H groups in total. The molecule has 1 heterocycles. The molecule has 0 aliphatic carbocycles. The fourth-order valence-corrected chi connectivity index (χ4v) is 1.09. The van der Waals surface area contributed by atoms with Gasteiger partial charge >= 0.3 is 12.4 Å². The number of aromatic nitrogens is 2. The van der Waals surface area contributed by atoms with Crippen LogP contribution in [0.25, 0.3) is 11.0 Å². The molecule has 0 aliphatic heterocycles. The molecule has 0 saturated carbocycles. The number of imidazole rings is 1. The van der Waals surface area contributed by atoms with Crippen LogP contribution < -0.4 is 4.74 Å². The maximum atomic E-state index is 11.8. The van der Waals surface area contributed by atoms with Crippen LogP contribution in [0.2, 0.25) is 0 Å². The van der Waals surface area contributed by atoms with Gasteiger partial charge in [-0.3, -0.25) is 0 Å². The van der Waals surface area contributed by atoms with Crippen LogP contribution in [0, 0.1) is 0 Å². The summed E-state index contributed by atoms with van der Waals surface area (Å²) in [5, 5.41) is 0. The van der Waals surface area contributed by atoms with Gasteiger partial charge in [0, 0.05) is 0 Å². The molecule has 0 fully saturated rings. The van der Waals surface area contributed by atoms with E-state index in [4.69, 9.17) is 0 Å². The zero-order chi connectivity index (χ0) is 10.2. The fraction of sp³-hybridized carbons (Fsp3) is 0.125. The summed E-state index contributed by atoms with van der Waals surface area (Å²) in [6.07, 6.45) is -4.71. The lowest BCUT2D eigenvalue weighted by Crippen LogP contribution is -2.17. The largest absolute Gasteiger partial charge is 0.575 e. The van der Waals surface area contributed by atoms with Crippen molar-refractivity contribution in [3.63, 3.8) is 0 Å². The first kappa shape index (κ1) is 8.86. The zero-order valence-corrected chi connectivity index (χ0v) is 6.80. The Morgan fingerprint density at radius 2 is 1.93 bits per heavy atom. The molecule has 0 spiro atoms. The van der Waals surface area contributed by atoms with Gasteiger partial charge < -0.3 is 9.72 Å². The molecule has 2 aromatic rings. The molecule has 0 bridgehead atoms. The number of rotatable bonds is 1. The molecule has 1 aromatic carbocycles. The number of halogens is 3. The summed E-state index contributed by atoms with van der Waals surface area (Å²) >= 11 is 0. The average Bonchev–Trinajstić information content (AvgIpc) is 2.42. The molecular weight excluding hydrogens is 197 g/mol. The lowest BCUT2D eigenvalue weighted by atomic mass is 10.3. The molecule has 0 radical (unpaired) electrons. The second kappa shape index (κ2) is 2.90. The van der Waals surface area contributed by atoms with Gasteiger partial charge in [-0.1, -0.05) is 12.1 Å². The summed E-state index contributed by atoms with van der Waals surface area (Å²) in [5.41, 5.74) is 0.943. The van der Waals surface area contributed by atoms with E-state index in [0.717, 1.165) is 0 Å². The van der Waals surface area contributed by atoms with Crippen LogP contribution >= 0.6 is 0 Å². The first-order valence-corrected chi connectivity index (χ1v) is 3.75. The molecule has 0 saturated heterocycles. The Bertz CT molecular complexity index is 416.